The summed E-state index contributed by atoms with van der Waals surface area (Å²) in [4.78, 5) is 28.7. The molecule has 0 aliphatic carbocycles. The lowest BCUT2D eigenvalue weighted by Gasteiger charge is -2.33. The number of hydrogen-bond acceptors (Lipinski definition) is 5. The van der Waals surface area contributed by atoms with Gasteiger partial charge in [0.2, 0.25) is 11.8 Å². The Labute approximate surface area is 238 Å². The Hall–Kier alpha value is -3.85. The van der Waals surface area contributed by atoms with E-state index in [-0.39, 0.29) is 17.3 Å². The first-order chi connectivity index (χ1) is 18.7. The molecule has 2 amide bonds. The van der Waals surface area contributed by atoms with E-state index >= 15 is 0 Å². The third-order valence-electron chi connectivity index (χ3n) is 6.52. The molecule has 0 heterocycles. The highest BCUT2D eigenvalue weighted by Crippen LogP contribution is 2.26. The van der Waals surface area contributed by atoms with Crippen LogP contribution in [0.2, 0.25) is 0 Å². The van der Waals surface area contributed by atoms with Crippen LogP contribution in [-0.2, 0) is 26.2 Å². The van der Waals surface area contributed by atoms with Gasteiger partial charge in [-0.2, -0.15) is 0 Å². The lowest BCUT2D eigenvalue weighted by atomic mass is 10.1. The lowest BCUT2D eigenvalue weighted by Crippen LogP contribution is -2.54. The number of anilines is 1. The van der Waals surface area contributed by atoms with Crippen LogP contribution < -0.4 is 14.4 Å². The molecule has 1 atom stereocenters. The van der Waals surface area contributed by atoms with Gasteiger partial charge in [0, 0.05) is 12.1 Å². The molecule has 1 unspecified atom stereocenters. The molecular weight excluding hydrogens is 526 g/mol. The number of amides is 2. The number of methoxy groups -OCH3 is 1. The topological polar surface area (TPSA) is 96.0 Å². The number of nitrogens with one attached hydrogen (secondary N) is 1. The summed E-state index contributed by atoms with van der Waals surface area (Å²) in [7, 11) is -2.65. The monoisotopic (exact) mass is 565 g/mol. The molecular formula is C31H39N3O5S. The Balaban J connectivity index is 2.04. The second-order valence-electron chi connectivity index (χ2n) is 10.9. The van der Waals surface area contributed by atoms with Crippen LogP contribution in [0, 0.1) is 13.8 Å². The van der Waals surface area contributed by atoms with Gasteiger partial charge >= 0.3 is 0 Å². The van der Waals surface area contributed by atoms with Crippen molar-refractivity contribution in [1.29, 1.82) is 0 Å². The van der Waals surface area contributed by atoms with Crippen molar-refractivity contribution in [3.05, 3.63) is 89.5 Å². The van der Waals surface area contributed by atoms with Gasteiger partial charge in [0.1, 0.15) is 18.3 Å². The number of benzene rings is 3. The van der Waals surface area contributed by atoms with E-state index in [0.717, 1.165) is 21.0 Å². The van der Waals surface area contributed by atoms with Crippen LogP contribution in [0.25, 0.3) is 0 Å². The Morgan fingerprint density at radius 2 is 1.52 bits per heavy atom. The van der Waals surface area contributed by atoms with Crippen molar-refractivity contribution in [2.45, 2.75) is 64.6 Å². The SMILES string of the molecule is COc1ccc(S(=O)(=O)N(CC(=O)N(Cc2ccccc2C)C(C)C(=O)NC(C)(C)C)c2ccc(C)cc2)cc1. The smallest absolute Gasteiger partial charge is 0.264 e. The minimum atomic E-state index is -4.15. The van der Waals surface area contributed by atoms with E-state index in [2.05, 4.69) is 5.32 Å². The van der Waals surface area contributed by atoms with Gasteiger partial charge in [-0.05, 0) is 89.1 Å². The van der Waals surface area contributed by atoms with Gasteiger partial charge in [0.05, 0.1) is 17.7 Å². The fraction of sp³-hybridized carbons (Fsp3) is 0.355. The number of nitrogens with zero attached hydrogens (tertiary/aromatic N) is 2. The Bertz CT molecular complexity index is 1430. The Kier molecular flexibility index (Phi) is 9.63. The largest absolute Gasteiger partial charge is 0.497 e. The van der Waals surface area contributed by atoms with E-state index in [1.54, 1.807) is 43.3 Å². The van der Waals surface area contributed by atoms with Gasteiger partial charge in [-0.3, -0.25) is 13.9 Å². The summed E-state index contributed by atoms with van der Waals surface area (Å²) in [6.07, 6.45) is 0. The van der Waals surface area contributed by atoms with Crippen LogP contribution >= 0.6 is 0 Å². The lowest BCUT2D eigenvalue weighted by molar-refractivity contribution is -0.140. The van der Waals surface area contributed by atoms with E-state index in [4.69, 9.17) is 4.74 Å². The Morgan fingerprint density at radius 3 is 2.08 bits per heavy atom. The van der Waals surface area contributed by atoms with Crippen molar-refractivity contribution in [2.75, 3.05) is 18.0 Å². The molecule has 0 saturated heterocycles. The summed E-state index contributed by atoms with van der Waals surface area (Å²) in [5, 5.41) is 2.94. The molecule has 40 heavy (non-hydrogen) atoms. The second kappa shape index (κ2) is 12.6. The van der Waals surface area contributed by atoms with E-state index in [1.807, 2.05) is 58.9 Å². The highest BCUT2D eigenvalue weighted by atomic mass is 32.2. The minimum Gasteiger partial charge on any atom is -0.497 e. The fourth-order valence-electron chi connectivity index (χ4n) is 4.14. The number of rotatable bonds is 10. The molecule has 214 valence electrons. The normalized spacial score (nSPS) is 12.4. The van der Waals surface area contributed by atoms with E-state index in [0.29, 0.717) is 11.4 Å². The zero-order chi connectivity index (χ0) is 29.7. The first-order valence-electron chi connectivity index (χ1n) is 13.1. The van der Waals surface area contributed by atoms with E-state index in [1.165, 1.54) is 24.1 Å². The van der Waals surface area contributed by atoms with Gasteiger partial charge in [-0.15, -0.1) is 0 Å². The molecule has 0 bridgehead atoms. The highest BCUT2D eigenvalue weighted by Gasteiger charge is 2.33. The second-order valence-corrected chi connectivity index (χ2v) is 12.7. The third-order valence-corrected chi connectivity index (χ3v) is 8.30. The number of ether oxygens (including phenoxy) is 1. The molecule has 9 heteroatoms. The molecule has 3 rings (SSSR count). The number of carbonyl (C=O) groups excluding carboxylic acids is 2. The summed E-state index contributed by atoms with van der Waals surface area (Å²) < 4.78 is 34.1. The average Bonchev–Trinajstić information content (AvgIpc) is 2.90. The summed E-state index contributed by atoms with van der Waals surface area (Å²) in [6.45, 7) is 10.8. The molecule has 0 aromatic heterocycles. The van der Waals surface area contributed by atoms with Gasteiger partial charge in [-0.25, -0.2) is 8.42 Å². The van der Waals surface area contributed by atoms with E-state index in [9.17, 15) is 18.0 Å². The van der Waals surface area contributed by atoms with E-state index < -0.39 is 34.1 Å². The summed E-state index contributed by atoms with van der Waals surface area (Å²) in [6, 6.07) is 19.7. The van der Waals surface area contributed by atoms with Crippen LogP contribution in [0.4, 0.5) is 5.69 Å². The predicted octanol–water partition coefficient (Wildman–Crippen LogP) is 4.84. The maximum Gasteiger partial charge on any atom is 0.264 e. The maximum atomic E-state index is 14.0. The summed E-state index contributed by atoms with van der Waals surface area (Å²) in [5.41, 5.74) is 2.62. The molecule has 0 saturated carbocycles. The van der Waals surface area contributed by atoms with Crippen LogP contribution in [0.15, 0.2) is 77.7 Å². The van der Waals surface area contributed by atoms with Gasteiger partial charge < -0.3 is 15.0 Å². The Morgan fingerprint density at radius 1 is 0.925 bits per heavy atom. The first kappa shape index (κ1) is 30.7. The maximum absolute atomic E-state index is 14.0. The number of carbonyl (C=O) groups is 2. The number of aryl methyl sites for hydroxylation is 2. The van der Waals surface area contributed by atoms with Gasteiger partial charge in [0.15, 0.2) is 0 Å². The zero-order valence-corrected chi connectivity index (χ0v) is 25.1. The summed E-state index contributed by atoms with van der Waals surface area (Å²) >= 11 is 0. The first-order valence-corrected chi connectivity index (χ1v) is 14.6. The third kappa shape index (κ3) is 7.63. The molecule has 0 radical (unpaired) electrons. The highest BCUT2D eigenvalue weighted by molar-refractivity contribution is 7.92. The molecule has 0 spiro atoms. The van der Waals surface area contributed by atoms with Crippen molar-refractivity contribution in [1.82, 2.24) is 10.2 Å². The molecule has 3 aromatic carbocycles. The van der Waals surface area contributed by atoms with Crippen molar-refractivity contribution in [3.8, 4) is 5.75 Å². The standard InChI is InChI=1S/C31H39N3O5S/c1-22-12-14-26(15-13-22)34(40(37,38)28-18-16-27(39-7)17-19-28)21-29(35)33(20-25-11-9-8-10-23(25)2)24(3)30(36)32-31(4,5)6/h8-19,24H,20-21H2,1-7H3,(H,32,36). The predicted molar refractivity (Wildman–Crippen MR) is 158 cm³/mol. The average molecular weight is 566 g/mol. The van der Waals surface area contributed by atoms with Crippen molar-refractivity contribution in [2.24, 2.45) is 0 Å². The van der Waals surface area contributed by atoms with Crippen molar-refractivity contribution < 1.29 is 22.7 Å². The number of sulfonamides is 1. The molecule has 8 nitrogen and oxygen atoms in total. The zero-order valence-electron chi connectivity index (χ0n) is 24.3. The van der Waals surface area contributed by atoms with Crippen molar-refractivity contribution in [3.63, 3.8) is 0 Å². The molecule has 0 aliphatic rings. The molecule has 0 fully saturated rings. The molecule has 0 aliphatic heterocycles. The van der Waals surface area contributed by atoms with Crippen LogP contribution in [-0.4, -0.2) is 50.4 Å². The van der Waals surface area contributed by atoms with Crippen LogP contribution in [0.5, 0.6) is 5.75 Å². The minimum absolute atomic E-state index is 0.0191. The van der Waals surface area contributed by atoms with Gasteiger partial charge in [-0.1, -0.05) is 42.0 Å². The summed E-state index contributed by atoms with van der Waals surface area (Å²) in [5.74, 6) is -0.313. The molecule has 3 aromatic rings. The van der Waals surface area contributed by atoms with Crippen LogP contribution in [0.1, 0.15) is 44.4 Å². The van der Waals surface area contributed by atoms with Crippen molar-refractivity contribution >= 4 is 27.5 Å². The molecule has 1 N–H and O–H groups in total. The quantitative estimate of drug-likeness (QED) is 0.380. The van der Waals surface area contributed by atoms with Crippen LogP contribution in [0.3, 0.4) is 0 Å². The van der Waals surface area contributed by atoms with Gasteiger partial charge in [0.25, 0.3) is 10.0 Å². The fourth-order valence-corrected chi connectivity index (χ4v) is 5.56. The number of hydrogen-bond donors (Lipinski definition) is 1.